The Labute approximate surface area is 262 Å². The van der Waals surface area contributed by atoms with E-state index in [4.69, 9.17) is 4.74 Å². The standard InChI is InChI=1S/C36H34N6O3/c1-45-34-18-14-31(38-39-34)15-19-35(43)41(25-28-12-16-32(17-13-28)42-22-7-21-37-42)33(24-27-8-3-2-4-9-27)36(44)40-23-20-29-10-5-6-11-30(29)26-40/h2-19,21-22,33H,20,23-26H2,1H3/t33-/m0/s1. The van der Waals surface area contributed by atoms with Gasteiger partial charge in [0.25, 0.3) is 0 Å². The lowest BCUT2D eigenvalue weighted by Crippen LogP contribution is -2.52. The lowest BCUT2D eigenvalue weighted by atomic mass is 9.97. The summed E-state index contributed by atoms with van der Waals surface area (Å²) in [6.07, 6.45) is 7.84. The van der Waals surface area contributed by atoms with Gasteiger partial charge in [0.1, 0.15) is 6.04 Å². The normalized spacial score (nSPS) is 13.3. The van der Waals surface area contributed by atoms with E-state index >= 15 is 0 Å². The first-order chi connectivity index (χ1) is 22.1. The molecule has 0 N–H and O–H groups in total. The average molecular weight is 599 g/mol. The third-order valence-electron chi connectivity index (χ3n) is 7.98. The minimum Gasteiger partial charge on any atom is -0.480 e. The van der Waals surface area contributed by atoms with Crippen LogP contribution in [0.5, 0.6) is 5.88 Å². The molecule has 0 unspecified atom stereocenters. The van der Waals surface area contributed by atoms with Crippen molar-refractivity contribution in [3.05, 3.63) is 143 Å². The minimum atomic E-state index is -0.734. The number of methoxy groups -OCH3 is 1. The molecule has 226 valence electrons. The second kappa shape index (κ2) is 13.8. The van der Waals surface area contributed by atoms with Gasteiger partial charge < -0.3 is 14.5 Å². The molecule has 6 rings (SSSR count). The average Bonchev–Trinajstić information content (AvgIpc) is 3.64. The number of benzene rings is 3. The quantitative estimate of drug-likeness (QED) is 0.212. The van der Waals surface area contributed by atoms with E-state index in [2.05, 4.69) is 27.4 Å². The summed E-state index contributed by atoms with van der Waals surface area (Å²) in [6.45, 7) is 1.35. The third kappa shape index (κ3) is 7.15. The van der Waals surface area contributed by atoms with Crippen LogP contribution in [-0.4, -0.2) is 61.3 Å². The second-order valence-electron chi connectivity index (χ2n) is 10.9. The van der Waals surface area contributed by atoms with Gasteiger partial charge in [-0.3, -0.25) is 9.59 Å². The number of hydrogen-bond acceptors (Lipinski definition) is 6. The Morgan fingerprint density at radius 1 is 0.889 bits per heavy atom. The Hall–Kier alpha value is -5.57. The molecule has 1 aliphatic heterocycles. The lowest BCUT2D eigenvalue weighted by molar-refractivity contribution is -0.144. The van der Waals surface area contributed by atoms with Crippen molar-refractivity contribution in [3.8, 4) is 11.6 Å². The summed E-state index contributed by atoms with van der Waals surface area (Å²) in [4.78, 5) is 32.1. The molecule has 9 nitrogen and oxygen atoms in total. The van der Waals surface area contributed by atoms with Crippen LogP contribution in [0.3, 0.4) is 0 Å². The van der Waals surface area contributed by atoms with Crippen LogP contribution in [0.4, 0.5) is 0 Å². The number of amides is 2. The van der Waals surface area contributed by atoms with Crippen molar-refractivity contribution < 1.29 is 14.3 Å². The van der Waals surface area contributed by atoms with Gasteiger partial charge in [0, 0.05) is 50.6 Å². The zero-order valence-electron chi connectivity index (χ0n) is 25.1. The summed E-state index contributed by atoms with van der Waals surface area (Å²) < 4.78 is 6.88. The van der Waals surface area contributed by atoms with Crippen molar-refractivity contribution in [2.24, 2.45) is 0 Å². The second-order valence-corrected chi connectivity index (χ2v) is 10.9. The molecule has 0 spiro atoms. The Morgan fingerprint density at radius 3 is 2.38 bits per heavy atom. The van der Waals surface area contributed by atoms with E-state index in [1.54, 1.807) is 34.0 Å². The highest BCUT2D eigenvalue weighted by Gasteiger charge is 2.34. The molecular formula is C36H34N6O3. The van der Waals surface area contributed by atoms with Crippen LogP contribution in [0, 0.1) is 0 Å². The highest BCUT2D eigenvalue weighted by molar-refractivity contribution is 5.95. The van der Waals surface area contributed by atoms with Gasteiger partial charge in [0.05, 0.1) is 18.5 Å². The molecular weight excluding hydrogens is 564 g/mol. The zero-order valence-corrected chi connectivity index (χ0v) is 25.1. The van der Waals surface area contributed by atoms with E-state index in [1.807, 2.05) is 83.9 Å². The SMILES string of the molecule is COc1ccc(C=CC(=O)N(Cc2ccc(-n3cccn3)cc2)[C@@H](Cc2ccccc2)C(=O)N2CCc3ccccc3C2)nn1. The van der Waals surface area contributed by atoms with Crippen LogP contribution in [0.15, 0.2) is 116 Å². The molecule has 3 heterocycles. The largest absolute Gasteiger partial charge is 0.480 e. The van der Waals surface area contributed by atoms with Crippen LogP contribution >= 0.6 is 0 Å². The molecule has 0 bridgehead atoms. The van der Waals surface area contributed by atoms with E-state index in [0.717, 1.165) is 28.8 Å². The molecule has 0 saturated heterocycles. The Bertz CT molecular complexity index is 1750. The number of rotatable bonds is 10. The molecule has 0 saturated carbocycles. The molecule has 45 heavy (non-hydrogen) atoms. The maximum atomic E-state index is 14.5. The van der Waals surface area contributed by atoms with Gasteiger partial charge in [-0.15, -0.1) is 10.2 Å². The zero-order chi connectivity index (χ0) is 31.0. The van der Waals surface area contributed by atoms with Crippen LogP contribution in [0.2, 0.25) is 0 Å². The predicted octanol–water partition coefficient (Wildman–Crippen LogP) is 4.91. The van der Waals surface area contributed by atoms with Crippen molar-refractivity contribution in [1.29, 1.82) is 0 Å². The van der Waals surface area contributed by atoms with Gasteiger partial charge in [-0.2, -0.15) is 5.10 Å². The predicted molar refractivity (Wildman–Crippen MR) is 171 cm³/mol. The lowest BCUT2D eigenvalue weighted by Gasteiger charge is -2.37. The van der Waals surface area contributed by atoms with E-state index in [1.165, 1.54) is 18.7 Å². The molecule has 2 amide bonds. The first kappa shape index (κ1) is 29.5. The first-order valence-electron chi connectivity index (χ1n) is 14.9. The van der Waals surface area contributed by atoms with Gasteiger partial charge in [-0.05, 0) is 59.0 Å². The number of nitrogens with zero attached hydrogens (tertiary/aromatic N) is 6. The maximum absolute atomic E-state index is 14.5. The van der Waals surface area contributed by atoms with Gasteiger partial charge >= 0.3 is 0 Å². The number of fused-ring (bicyclic) bond motifs is 1. The molecule has 1 aliphatic rings. The summed E-state index contributed by atoms with van der Waals surface area (Å²) in [5, 5.41) is 12.4. The van der Waals surface area contributed by atoms with Crippen molar-refractivity contribution in [3.63, 3.8) is 0 Å². The van der Waals surface area contributed by atoms with Gasteiger partial charge in [0.15, 0.2) is 0 Å². The summed E-state index contributed by atoms with van der Waals surface area (Å²) in [5.41, 5.74) is 5.68. The highest BCUT2D eigenvalue weighted by Crippen LogP contribution is 2.23. The van der Waals surface area contributed by atoms with E-state index in [9.17, 15) is 9.59 Å². The number of hydrogen-bond donors (Lipinski definition) is 0. The number of carbonyl (C=O) groups is 2. The van der Waals surface area contributed by atoms with Crippen LogP contribution in [0.1, 0.15) is 27.9 Å². The smallest absolute Gasteiger partial charge is 0.247 e. The fourth-order valence-electron chi connectivity index (χ4n) is 5.56. The number of carbonyl (C=O) groups excluding carboxylic acids is 2. The summed E-state index contributed by atoms with van der Waals surface area (Å²) in [5.74, 6) is 0.0123. The van der Waals surface area contributed by atoms with E-state index < -0.39 is 6.04 Å². The molecule has 5 aromatic rings. The summed E-state index contributed by atoms with van der Waals surface area (Å²) >= 11 is 0. The molecule has 0 aliphatic carbocycles. The van der Waals surface area contributed by atoms with Gasteiger partial charge in [-0.25, -0.2) is 4.68 Å². The molecule has 0 fully saturated rings. The van der Waals surface area contributed by atoms with Crippen molar-refractivity contribution in [1.82, 2.24) is 29.8 Å². The Morgan fingerprint density at radius 2 is 1.67 bits per heavy atom. The Balaban J connectivity index is 1.33. The van der Waals surface area contributed by atoms with Crippen molar-refractivity contribution in [2.75, 3.05) is 13.7 Å². The molecule has 3 aromatic carbocycles. The highest BCUT2D eigenvalue weighted by atomic mass is 16.5. The molecule has 2 aromatic heterocycles. The van der Waals surface area contributed by atoms with Gasteiger partial charge in [0.2, 0.25) is 17.7 Å². The van der Waals surface area contributed by atoms with Crippen molar-refractivity contribution in [2.45, 2.75) is 32.0 Å². The topological polar surface area (TPSA) is 93.5 Å². The number of aromatic nitrogens is 4. The first-order valence-corrected chi connectivity index (χ1v) is 14.9. The molecule has 0 radical (unpaired) electrons. The van der Waals surface area contributed by atoms with Crippen molar-refractivity contribution >= 4 is 17.9 Å². The Kier molecular flexibility index (Phi) is 9.06. The monoisotopic (exact) mass is 598 g/mol. The fourth-order valence-corrected chi connectivity index (χ4v) is 5.56. The van der Waals surface area contributed by atoms with Crippen LogP contribution in [-0.2, 0) is 35.5 Å². The summed E-state index contributed by atoms with van der Waals surface area (Å²) in [6, 6.07) is 30.5. The fraction of sp³-hybridized carbons (Fsp3) is 0.194. The molecule has 9 heteroatoms. The number of ether oxygens (including phenoxy) is 1. The van der Waals surface area contributed by atoms with Crippen LogP contribution < -0.4 is 4.74 Å². The molecule has 1 atom stereocenters. The minimum absolute atomic E-state index is 0.0764. The summed E-state index contributed by atoms with van der Waals surface area (Å²) in [7, 11) is 1.52. The van der Waals surface area contributed by atoms with Gasteiger partial charge in [-0.1, -0.05) is 66.7 Å². The maximum Gasteiger partial charge on any atom is 0.247 e. The van der Waals surface area contributed by atoms with Crippen LogP contribution in [0.25, 0.3) is 11.8 Å². The van der Waals surface area contributed by atoms with E-state index in [0.29, 0.717) is 31.1 Å². The third-order valence-corrected chi connectivity index (χ3v) is 7.98. The van der Waals surface area contributed by atoms with E-state index in [-0.39, 0.29) is 18.4 Å².